The Morgan fingerprint density at radius 2 is 1.38 bits per heavy atom. The average Bonchev–Trinajstić information content (AvgIpc) is 3.11. The lowest BCUT2D eigenvalue weighted by Gasteiger charge is -2.31. The van der Waals surface area contributed by atoms with Crippen LogP contribution in [0.5, 0.6) is 0 Å². The number of aryl methyl sites for hydroxylation is 1. The van der Waals surface area contributed by atoms with Gasteiger partial charge in [0.2, 0.25) is 11.8 Å². The summed E-state index contributed by atoms with van der Waals surface area (Å²) in [5.41, 5.74) is 1.27. The zero-order valence-corrected chi connectivity index (χ0v) is 14.1. The molecule has 4 rings (SSSR count). The molecule has 4 aromatic rings. The van der Waals surface area contributed by atoms with Crippen molar-refractivity contribution in [3.8, 4) is 0 Å². The number of hydrogen-bond acceptors (Lipinski definition) is 4. The Hall–Kier alpha value is -3.34. The van der Waals surface area contributed by atoms with Crippen molar-refractivity contribution in [2.75, 3.05) is 0 Å². The fourth-order valence-electron chi connectivity index (χ4n) is 3.28. The molecule has 0 unspecified atom stereocenters. The number of halogens is 1. The Bertz CT molecular complexity index is 976. The van der Waals surface area contributed by atoms with Gasteiger partial charge in [0, 0.05) is 6.92 Å². The molecule has 0 aliphatic heterocycles. The first-order chi connectivity index (χ1) is 12.7. The van der Waals surface area contributed by atoms with Gasteiger partial charge in [-0.1, -0.05) is 71.9 Å². The molecule has 0 amide bonds. The molecule has 0 fully saturated rings. The summed E-state index contributed by atoms with van der Waals surface area (Å²) >= 11 is 0. The van der Waals surface area contributed by atoms with E-state index in [2.05, 4.69) is 15.1 Å². The number of rotatable bonds is 4. The monoisotopic (exact) mass is 345 g/mol. The van der Waals surface area contributed by atoms with Gasteiger partial charge in [-0.3, -0.25) is 0 Å². The van der Waals surface area contributed by atoms with Crippen LogP contribution < -0.4 is 0 Å². The maximum atomic E-state index is 14.1. The Labute approximate surface area is 150 Å². The maximum Gasteiger partial charge on any atom is 0.223 e. The molecule has 4 nitrogen and oxygen atoms in total. The van der Waals surface area contributed by atoms with Crippen LogP contribution in [0.3, 0.4) is 0 Å². The fourth-order valence-corrected chi connectivity index (χ4v) is 3.28. The van der Waals surface area contributed by atoms with E-state index in [9.17, 15) is 4.39 Å². The molecule has 0 radical (unpaired) electrons. The summed E-state index contributed by atoms with van der Waals surface area (Å²) in [6, 6.07) is 24.2. The summed E-state index contributed by atoms with van der Waals surface area (Å²) < 4.78 is 19.4. The van der Waals surface area contributed by atoms with Crippen LogP contribution in [0, 0.1) is 12.9 Å². The molecule has 2 aromatic heterocycles. The first-order valence-electron chi connectivity index (χ1n) is 8.26. The average molecular weight is 345 g/mol. The predicted molar refractivity (Wildman–Crippen MR) is 95.1 cm³/mol. The molecular weight excluding hydrogens is 329 g/mol. The molecule has 0 atom stereocenters. The van der Waals surface area contributed by atoms with Gasteiger partial charge in [0.1, 0.15) is 5.41 Å². The predicted octanol–water partition coefficient (Wildman–Crippen LogP) is 4.29. The van der Waals surface area contributed by atoms with Crippen molar-refractivity contribution in [3.63, 3.8) is 0 Å². The number of aromatic nitrogens is 3. The van der Waals surface area contributed by atoms with E-state index in [0.29, 0.717) is 17.4 Å². The maximum absolute atomic E-state index is 14.1. The molecule has 128 valence electrons. The van der Waals surface area contributed by atoms with Crippen LogP contribution >= 0.6 is 0 Å². The third-order valence-electron chi connectivity index (χ3n) is 4.38. The van der Waals surface area contributed by atoms with Gasteiger partial charge in [-0.25, -0.2) is 4.98 Å². The van der Waals surface area contributed by atoms with Gasteiger partial charge in [-0.15, -0.1) is 0 Å². The van der Waals surface area contributed by atoms with Crippen LogP contribution in [-0.4, -0.2) is 15.1 Å². The Balaban J connectivity index is 2.14. The Kier molecular flexibility index (Phi) is 4.05. The summed E-state index contributed by atoms with van der Waals surface area (Å²) in [4.78, 5) is 8.70. The molecule has 0 bridgehead atoms. The lowest BCUT2D eigenvalue weighted by molar-refractivity contribution is 0.381. The summed E-state index contributed by atoms with van der Waals surface area (Å²) in [5.74, 6) is 0.303. The zero-order chi connectivity index (χ0) is 18.0. The quantitative estimate of drug-likeness (QED) is 0.518. The van der Waals surface area contributed by atoms with Crippen molar-refractivity contribution >= 4 is 0 Å². The highest BCUT2D eigenvalue weighted by molar-refractivity contribution is 5.54. The third-order valence-corrected chi connectivity index (χ3v) is 4.38. The number of pyridine rings is 1. The second-order valence-corrected chi connectivity index (χ2v) is 5.96. The van der Waals surface area contributed by atoms with Crippen molar-refractivity contribution in [2.45, 2.75) is 12.3 Å². The van der Waals surface area contributed by atoms with Gasteiger partial charge in [0.15, 0.2) is 5.82 Å². The molecule has 26 heavy (non-hydrogen) atoms. The van der Waals surface area contributed by atoms with E-state index < -0.39 is 11.4 Å². The largest absolute Gasteiger partial charge is 0.340 e. The molecule has 0 spiro atoms. The van der Waals surface area contributed by atoms with Crippen LogP contribution in [-0.2, 0) is 5.41 Å². The van der Waals surface area contributed by atoms with Crippen LogP contribution in [0.15, 0.2) is 83.4 Å². The minimum atomic E-state index is -0.984. The molecule has 0 aliphatic carbocycles. The Morgan fingerprint density at radius 3 is 1.88 bits per heavy atom. The highest BCUT2D eigenvalue weighted by atomic mass is 19.1. The summed E-state index contributed by atoms with van der Waals surface area (Å²) in [7, 11) is 0. The van der Waals surface area contributed by atoms with Crippen LogP contribution in [0.2, 0.25) is 0 Å². The second kappa shape index (κ2) is 6.52. The normalized spacial score (nSPS) is 11.5. The lowest BCUT2D eigenvalue weighted by atomic mass is 9.71. The summed E-state index contributed by atoms with van der Waals surface area (Å²) in [6.07, 6.45) is 0. The second-order valence-electron chi connectivity index (χ2n) is 5.96. The van der Waals surface area contributed by atoms with Crippen molar-refractivity contribution in [1.29, 1.82) is 0 Å². The number of nitrogens with zero attached hydrogens (tertiary/aromatic N) is 3. The van der Waals surface area contributed by atoms with E-state index in [0.717, 1.165) is 11.1 Å². The third kappa shape index (κ3) is 2.58. The highest BCUT2D eigenvalue weighted by Gasteiger charge is 2.44. The fraction of sp³-hybridized carbons (Fsp3) is 0.0952. The van der Waals surface area contributed by atoms with Gasteiger partial charge < -0.3 is 4.52 Å². The smallest absolute Gasteiger partial charge is 0.223 e. The van der Waals surface area contributed by atoms with Crippen LogP contribution in [0.1, 0.15) is 28.5 Å². The van der Waals surface area contributed by atoms with E-state index in [1.54, 1.807) is 19.1 Å². The van der Waals surface area contributed by atoms with E-state index in [1.807, 2.05) is 60.7 Å². The van der Waals surface area contributed by atoms with Crippen LogP contribution in [0.25, 0.3) is 0 Å². The number of hydrogen-bond donors (Lipinski definition) is 0. The van der Waals surface area contributed by atoms with E-state index in [4.69, 9.17) is 4.52 Å². The van der Waals surface area contributed by atoms with E-state index in [1.165, 1.54) is 6.07 Å². The summed E-state index contributed by atoms with van der Waals surface area (Å²) in [6.45, 7) is 1.73. The van der Waals surface area contributed by atoms with Gasteiger partial charge in [0.05, 0.1) is 5.69 Å². The first kappa shape index (κ1) is 16.1. The molecular formula is C21H16FN3O. The minimum absolute atomic E-state index is 0.422. The molecule has 0 aliphatic rings. The van der Waals surface area contributed by atoms with Crippen LogP contribution in [0.4, 0.5) is 4.39 Å². The van der Waals surface area contributed by atoms with Crippen molar-refractivity contribution < 1.29 is 8.91 Å². The van der Waals surface area contributed by atoms with Crippen molar-refractivity contribution in [1.82, 2.24) is 15.1 Å². The molecule has 2 heterocycles. The minimum Gasteiger partial charge on any atom is -0.340 e. The van der Waals surface area contributed by atoms with Gasteiger partial charge in [0.25, 0.3) is 0 Å². The summed E-state index contributed by atoms with van der Waals surface area (Å²) in [5, 5.41) is 4.20. The first-order valence-corrected chi connectivity index (χ1v) is 8.26. The van der Waals surface area contributed by atoms with Crippen molar-refractivity contribution in [2.24, 2.45) is 0 Å². The topological polar surface area (TPSA) is 51.8 Å². The van der Waals surface area contributed by atoms with Gasteiger partial charge in [-0.05, 0) is 23.3 Å². The highest BCUT2D eigenvalue weighted by Crippen LogP contribution is 2.42. The zero-order valence-electron chi connectivity index (χ0n) is 14.1. The molecule has 5 heteroatoms. The lowest BCUT2D eigenvalue weighted by Crippen LogP contribution is -2.33. The van der Waals surface area contributed by atoms with E-state index in [-0.39, 0.29) is 0 Å². The SMILES string of the molecule is Cc1nc(C(c2ccccc2)(c2ccccc2)c2cccc(F)n2)no1. The molecule has 2 aromatic carbocycles. The molecule has 0 N–H and O–H groups in total. The Morgan fingerprint density at radius 1 is 0.769 bits per heavy atom. The standard InChI is InChI=1S/C21H16FN3O/c1-15-23-20(25-26-15)21(16-9-4-2-5-10-16,17-11-6-3-7-12-17)18-13-8-14-19(22)24-18/h2-14H,1H3. The molecule has 0 saturated carbocycles. The van der Waals surface area contributed by atoms with E-state index >= 15 is 0 Å². The van der Waals surface area contributed by atoms with Crippen molar-refractivity contribution in [3.05, 3.63) is 113 Å². The molecule has 0 saturated heterocycles. The van der Waals surface area contributed by atoms with Gasteiger partial charge >= 0.3 is 0 Å². The van der Waals surface area contributed by atoms with Gasteiger partial charge in [-0.2, -0.15) is 9.37 Å². The number of benzene rings is 2.